The summed E-state index contributed by atoms with van der Waals surface area (Å²) in [6.07, 6.45) is 1.81. The van der Waals surface area contributed by atoms with E-state index in [1.807, 2.05) is 30.0 Å². The lowest BCUT2D eigenvalue weighted by molar-refractivity contribution is 0.0652. The molecule has 0 saturated carbocycles. The molecule has 0 aromatic heterocycles. The third-order valence-corrected chi connectivity index (χ3v) is 5.32. The Morgan fingerprint density at radius 1 is 0.923 bits per heavy atom. The summed E-state index contributed by atoms with van der Waals surface area (Å²) >= 11 is 1.83. The summed E-state index contributed by atoms with van der Waals surface area (Å²) < 4.78 is 5.72. The van der Waals surface area contributed by atoms with Gasteiger partial charge in [0.1, 0.15) is 5.75 Å². The summed E-state index contributed by atoms with van der Waals surface area (Å²) in [7, 11) is 0. The first-order chi connectivity index (χ1) is 12.7. The average Bonchev–Trinajstić information content (AvgIpc) is 2.89. The molecule has 0 unspecified atom stereocenters. The summed E-state index contributed by atoms with van der Waals surface area (Å²) in [5.41, 5.74) is 2.25. The van der Waals surface area contributed by atoms with E-state index >= 15 is 0 Å². The van der Waals surface area contributed by atoms with Gasteiger partial charge < -0.3 is 4.74 Å². The molecule has 0 bridgehead atoms. The summed E-state index contributed by atoms with van der Waals surface area (Å²) in [6.45, 7) is 3.23. The van der Waals surface area contributed by atoms with E-state index in [1.54, 1.807) is 24.3 Å². The van der Waals surface area contributed by atoms with Crippen LogP contribution >= 0.6 is 11.8 Å². The van der Waals surface area contributed by atoms with Crippen molar-refractivity contribution in [2.75, 3.05) is 24.7 Å². The monoisotopic (exact) mass is 369 g/mol. The third kappa shape index (κ3) is 4.47. The second kappa shape index (κ2) is 8.90. The maximum absolute atomic E-state index is 12.3. The standard InChI is InChI=1S/C21H23NO3S/c1-16-7-6-8-17(15-16)25-12-14-26-13-5-4-11-22-20(23)18-9-2-3-10-19(18)21(22)24/h2-3,6-10,15H,4-5,11-14H2,1H3. The highest BCUT2D eigenvalue weighted by molar-refractivity contribution is 7.99. The molecule has 1 aliphatic heterocycles. The fraction of sp³-hybridized carbons (Fsp3) is 0.333. The Kier molecular flexibility index (Phi) is 6.34. The van der Waals surface area contributed by atoms with Gasteiger partial charge >= 0.3 is 0 Å². The van der Waals surface area contributed by atoms with Gasteiger partial charge in [-0.3, -0.25) is 14.5 Å². The van der Waals surface area contributed by atoms with Crippen LogP contribution < -0.4 is 4.74 Å². The molecule has 136 valence electrons. The molecule has 2 amide bonds. The molecule has 0 N–H and O–H groups in total. The van der Waals surface area contributed by atoms with Gasteiger partial charge in [0, 0.05) is 12.3 Å². The fourth-order valence-corrected chi connectivity index (χ4v) is 3.76. The maximum atomic E-state index is 12.3. The van der Waals surface area contributed by atoms with Gasteiger partial charge in [-0.15, -0.1) is 0 Å². The van der Waals surface area contributed by atoms with Crippen LogP contribution in [0.25, 0.3) is 0 Å². The second-order valence-corrected chi connectivity index (χ2v) is 7.52. The Balaban J connectivity index is 1.29. The Morgan fingerprint density at radius 2 is 1.65 bits per heavy atom. The summed E-state index contributed by atoms with van der Waals surface area (Å²) in [4.78, 5) is 25.9. The van der Waals surface area contributed by atoms with Crippen LogP contribution in [0.2, 0.25) is 0 Å². The number of imide groups is 1. The van der Waals surface area contributed by atoms with Crippen molar-refractivity contribution >= 4 is 23.6 Å². The minimum atomic E-state index is -0.162. The van der Waals surface area contributed by atoms with Crippen LogP contribution in [0.4, 0.5) is 0 Å². The summed E-state index contributed by atoms with van der Waals surface area (Å²) in [6, 6.07) is 15.1. The van der Waals surface area contributed by atoms with Crippen LogP contribution in [0.1, 0.15) is 39.1 Å². The number of aryl methyl sites for hydroxylation is 1. The second-order valence-electron chi connectivity index (χ2n) is 6.29. The van der Waals surface area contributed by atoms with Crippen LogP contribution in [0.5, 0.6) is 5.75 Å². The Labute approximate surface area is 158 Å². The number of benzene rings is 2. The summed E-state index contributed by atoms with van der Waals surface area (Å²) in [5, 5.41) is 0. The van der Waals surface area contributed by atoms with E-state index in [0.29, 0.717) is 24.3 Å². The average molecular weight is 369 g/mol. The largest absolute Gasteiger partial charge is 0.493 e. The number of fused-ring (bicyclic) bond motifs is 1. The third-order valence-electron chi connectivity index (χ3n) is 4.28. The van der Waals surface area contributed by atoms with Crippen molar-refractivity contribution in [3.63, 3.8) is 0 Å². The zero-order valence-electron chi connectivity index (χ0n) is 14.9. The van der Waals surface area contributed by atoms with Crippen molar-refractivity contribution in [2.24, 2.45) is 0 Å². The maximum Gasteiger partial charge on any atom is 0.261 e. The molecule has 0 aliphatic carbocycles. The molecular formula is C21H23NO3S. The molecule has 3 rings (SSSR count). The SMILES string of the molecule is Cc1cccc(OCCSCCCCN2C(=O)c3ccccc3C2=O)c1. The number of carbonyl (C=O) groups excluding carboxylic acids is 2. The number of unbranched alkanes of at least 4 members (excludes halogenated alkanes) is 1. The Bertz CT molecular complexity index is 755. The predicted octanol–water partition coefficient (Wildman–Crippen LogP) is 4.18. The van der Waals surface area contributed by atoms with Gasteiger partial charge in [-0.05, 0) is 55.3 Å². The van der Waals surface area contributed by atoms with E-state index in [4.69, 9.17) is 4.74 Å². The normalized spacial score (nSPS) is 13.2. The van der Waals surface area contributed by atoms with E-state index in [0.717, 1.165) is 30.1 Å². The molecule has 0 saturated heterocycles. The van der Waals surface area contributed by atoms with Crippen LogP contribution in [-0.2, 0) is 0 Å². The first-order valence-corrected chi connectivity index (χ1v) is 10.0. The summed E-state index contributed by atoms with van der Waals surface area (Å²) in [5.74, 6) is 2.52. The number of hydrogen-bond donors (Lipinski definition) is 0. The van der Waals surface area contributed by atoms with E-state index in [-0.39, 0.29) is 11.8 Å². The molecule has 26 heavy (non-hydrogen) atoms. The van der Waals surface area contributed by atoms with Crippen molar-refractivity contribution < 1.29 is 14.3 Å². The van der Waals surface area contributed by atoms with Crippen molar-refractivity contribution in [3.8, 4) is 5.75 Å². The molecular weight excluding hydrogens is 346 g/mol. The number of carbonyl (C=O) groups is 2. The molecule has 2 aromatic carbocycles. The lowest BCUT2D eigenvalue weighted by Crippen LogP contribution is -2.30. The molecule has 0 radical (unpaired) electrons. The van der Waals surface area contributed by atoms with Crippen LogP contribution in [0.3, 0.4) is 0 Å². The fourth-order valence-electron chi connectivity index (χ4n) is 2.94. The van der Waals surface area contributed by atoms with Crippen molar-refractivity contribution in [3.05, 3.63) is 65.2 Å². The lowest BCUT2D eigenvalue weighted by Gasteiger charge is -2.13. The van der Waals surface area contributed by atoms with E-state index in [1.165, 1.54) is 10.5 Å². The highest BCUT2D eigenvalue weighted by Gasteiger charge is 2.34. The van der Waals surface area contributed by atoms with Gasteiger partial charge in [-0.2, -0.15) is 11.8 Å². The zero-order valence-corrected chi connectivity index (χ0v) is 15.8. The van der Waals surface area contributed by atoms with E-state index in [9.17, 15) is 9.59 Å². The van der Waals surface area contributed by atoms with E-state index in [2.05, 4.69) is 13.0 Å². The minimum absolute atomic E-state index is 0.162. The quantitative estimate of drug-likeness (QED) is 0.491. The number of nitrogens with zero attached hydrogens (tertiary/aromatic N) is 1. The highest BCUT2D eigenvalue weighted by atomic mass is 32.2. The Morgan fingerprint density at radius 3 is 2.35 bits per heavy atom. The van der Waals surface area contributed by atoms with E-state index < -0.39 is 0 Å². The van der Waals surface area contributed by atoms with Gasteiger partial charge in [-0.1, -0.05) is 24.3 Å². The van der Waals surface area contributed by atoms with Gasteiger partial charge in [-0.25, -0.2) is 0 Å². The number of rotatable bonds is 9. The minimum Gasteiger partial charge on any atom is -0.493 e. The molecule has 0 atom stereocenters. The van der Waals surface area contributed by atoms with Crippen LogP contribution in [0, 0.1) is 6.92 Å². The number of hydrogen-bond acceptors (Lipinski definition) is 4. The van der Waals surface area contributed by atoms with Crippen molar-refractivity contribution in [1.82, 2.24) is 4.90 Å². The van der Waals surface area contributed by atoms with Gasteiger partial charge in [0.25, 0.3) is 11.8 Å². The number of thioether (sulfide) groups is 1. The molecule has 0 fully saturated rings. The lowest BCUT2D eigenvalue weighted by atomic mass is 10.1. The molecule has 1 aliphatic rings. The first-order valence-electron chi connectivity index (χ1n) is 8.89. The topological polar surface area (TPSA) is 46.6 Å². The highest BCUT2D eigenvalue weighted by Crippen LogP contribution is 2.22. The zero-order chi connectivity index (χ0) is 18.4. The van der Waals surface area contributed by atoms with Crippen LogP contribution in [0.15, 0.2) is 48.5 Å². The Hall–Kier alpha value is -2.27. The molecule has 2 aromatic rings. The van der Waals surface area contributed by atoms with Gasteiger partial charge in [0.2, 0.25) is 0 Å². The number of ether oxygens (including phenoxy) is 1. The molecule has 0 spiro atoms. The molecule has 4 nitrogen and oxygen atoms in total. The number of amides is 2. The smallest absolute Gasteiger partial charge is 0.261 e. The molecule has 1 heterocycles. The van der Waals surface area contributed by atoms with Crippen LogP contribution in [-0.4, -0.2) is 41.4 Å². The van der Waals surface area contributed by atoms with Gasteiger partial charge in [0.05, 0.1) is 17.7 Å². The van der Waals surface area contributed by atoms with Gasteiger partial charge in [0.15, 0.2) is 0 Å². The predicted molar refractivity (Wildman–Crippen MR) is 105 cm³/mol. The molecule has 5 heteroatoms. The van der Waals surface area contributed by atoms with Crippen molar-refractivity contribution in [2.45, 2.75) is 19.8 Å². The first kappa shape index (κ1) is 18.5. The van der Waals surface area contributed by atoms with Crippen molar-refractivity contribution in [1.29, 1.82) is 0 Å².